The monoisotopic (exact) mass is 461 g/mol. The molecule has 2 aliphatic heterocycles. The molecule has 34 heavy (non-hydrogen) atoms. The number of Topliss-reactive ketones (excluding diaryl/α,β-unsaturated/α-hetero) is 1. The highest BCUT2D eigenvalue weighted by atomic mass is 16.6. The number of morpholine rings is 1. The Hall–Kier alpha value is -4.03. The SMILES string of the molecule is N#CC1=C(N)OC2=C(C(=O)C[C@H](c3ccco3)C2)[C@H]1c1ccc(OC(=O)N2CCOCC2)cc1. The van der Waals surface area contributed by atoms with Crippen molar-refractivity contribution in [2.45, 2.75) is 24.7 Å². The van der Waals surface area contributed by atoms with Crippen molar-refractivity contribution in [1.29, 1.82) is 5.26 Å². The van der Waals surface area contributed by atoms with Crippen LogP contribution in [-0.2, 0) is 14.3 Å². The summed E-state index contributed by atoms with van der Waals surface area (Å²) in [6.45, 7) is 1.92. The number of nitrogens with two attached hydrogens (primary N) is 1. The first-order chi connectivity index (χ1) is 16.5. The number of rotatable bonds is 3. The molecule has 1 fully saturated rings. The molecule has 0 radical (unpaired) electrons. The van der Waals surface area contributed by atoms with E-state index in [1.807, 2.05) is 6.07 Å². The van der Waals surface area contributed by atoms with Crippen molar-refractivity contribution in [3.8, 4) is 11.8 Å². The zero-order valence-electron chi connectivity index (χ0n) is 18.4. The van der Waals surface area contributed by atoms with Gasteiger partial charge in [-0.3, -0.25) is 4.79 Å². The Bertz CT molecular complexity index is 1200. The van der Waals surface area contributed by atoms with E-state index in [4.69, 9.17) is 24.4 Å². The van der Waals surface area contributed by atoms with Gasteiger partial charge in [-0.2, -0.15) is 5.26 Å². The molecule has 174 valence electrons. The Morgan fingerprint density at radius 2 is 1.91 bits per heavy atom. The highest BCUT2D eigenvalue weighted by Crippen LogP contribution is 2.46. The third-order valence-electron chi connectivity index (χ3n) is 6.29. The first-order valence-corrected chi connectivity index (χ1v) is 11.1. The average molecular weight is 461 g/mol. The molecule has 1 aromatic heterocycles. The molecule has 9 heteroatoms. The second-order valence-electron chi connectivity index (χ2n) is 8.34. The van der Waals surface area contributed by atoms with E-state index in [2.05, 4.69) is 6.07 Å². The minimum atomic E-state index is -0.650. The van der Waals surface area contributed by atoms with Crippen molar-refractivity contribution >= 4 is 11.9 Å². The average Bonchev–Trinajstić information content (AvgIpc) is 3.39. The summed E-state index contributed by atoms with van der Waals surface area (Å²) in [6, 6.07) is 12.5. The van der Waals surface area contributed by atoms with E-state index in [1.54, 1.807) is 41.5 Å². The molecule has 3 aliphatic rings. The second-order valence-corrected chi connectivity index (χ2v) is 8.34. The van der Waals surface area contributed by atoms with Crippen molar-refractivity contribution < 1.29 is 28.2 Å². The lowest BCUT2D eigenvalue weighted by Gasteiger charge is -2.33. The quantitative estimate of drug-likeness (QED) is 0.737. The predicted molar refractivity (Wildman–Crippen MR) is 118 cm³/mol. The number of carbonyl (C=O) groups is 2. The van der Waals surface area contributed by atoms with Crippen molar-refractivity contribution in [3.05, 3.63) is 76.8 Å². The summed E-state index contributed by atoms with van der Waals surface area (Å²) in [4.78, 5) is 27.2. The topological polar surface area (TPSA) is 128 Å². The number of nitriles is 1. The largest absolute Gasteiger partial charge is 0.469 e. The van der Waals surface area contributed by atoms with Crippen molar-refractivity contribution in [2.75, 3.05) is 26.3 Å². The van der Waals surface area contributed by atoms with Crippen LogP contribution in [0.2, 0.25) is 0 Å². The minimum absolute atomic E-state index is 0.0121. The molecule has 0 saturated carbocycles. The summed E-state index contributed by atoms with van der Waals surface area (Å²) < 4.78 is 22.0. The zero-order chi connectivity index (χ0) is 23.7. The van der Waals surface area contributed by atoms with E-state index >= 15 is 0 Å². The van der Waals surface area contributed by atoms with Crippen LogP contribution in [-0.4, -0.2) is 43.1 Å². The van der Waals surface area contributed by atoms with Gasteiger partial charge in [0.2, 0.25) is 5.88 Å². The molecule has 5 rings (SSSR count). The Morgan fingerprint density at radius 1 is 1.15 bits per heavy atom. The molecule has 2 N–H and O–H groups in total. The fourth-order valence-corrected chi connectivity index (χ4v) is 4.61. The van der Waals surface area contributed by atoms with Crippen LogP contribution < -0.4 is 10.5 Å². The van der Waals surface area contributed by atoms with Crippen LogP contribution in [0, 0.1) is 11.3 Å². The number of nitrogens with zero attached hydrogens (tertiary/aromatic N) is 2. The van der Waals surface area contributed by atoms with Gasteiger partial charge in [-0.1, -0.05) is 12.1 Å². The molecule has 2 atom stereocenters. The number of hydrogen-bond donors (Lipinski definition) is 1. The van der Waals surface area contributed by atoms with E-state index < -0.39 is 12.0 Å². The summed E-state index contributed by atoms with van der Waals surface area (Å²) in [5, 5.41) is 9.79. The molecular weight excluding hydrogens is 438 g/mol. The van der Waals surface area contributed by atoms with Crippen LogP contribution in [0.5, 0.6) is 5.75 Å². The summed E-state index contributed by atoms with van der Waals surface area (Å²) in [7, 11) is 0. The summed E-state index contributed by atoms with van der Waals surface area (Å²) in [5.41, 5.74) is 7.40. The van der Waals surface area contributed by atoms with Gasteiger partial charge in [0.25, 0.3) is 0 Å². The number of carbonyl (C=O) groups excluding carboxylic acids is 2. The minimum Gasteiger partial charge on any atom is -0.469 e. The van der Waals surface area contributed by atoms with Gasteiger partial charge in [0.15, 0.2) is 5.78 Å². The van der Waals surface area contributed by atoms with E-state index in [0.29, 0.717) is 61.1 Å². The number of benzene rings is 1. The van der Waals surface area contributed by atoms with E-state index in [9.17, 15) is 14.9 Å². The summed E-state index contributed by atoms with van der Waals surface area (Å²) >= 11 is 0. The first kappa shape index (κ1) is 21.8. The number of ketones is 1. The van der Waals surface area contributed by atoms with Crippen LogP contribution in [0.25, 0.3) is 0 Å². The molecule has 3 heterocycles. The lowest BCUT2D eigenvalue weighted by molar-refractivity contribution is -0.117. The van der Waals surface area contributed by atoms with Gasteiger partial charge in [-0.25, -0.2) is 4.79 Å². The highest BCUT2D eigenvalue weighted by Gasteiger charge is 2.41. The third-order valence-corrected chi connectivity index (χ3v) is 6.29. The second kappa shape index (κ2) is 9.08. The maximum atomic E-state index is 13.2. The highest BCUT2D eigenvalue weighted by molar-refractivity contribution is 6.00. The maximum Gasteiger partial charge on any atom is 0.415 e. The van der Waals surface area contributed by atoms with Crippen LogP contribution in [0.4, 0.5) is 4.79 Å². The van der Waals surface area contributed by atoms with E-state index in [-0.39, 0.29) is 29.6 Å². The lowest BCUT2D eigenvalue weighted by Crippen LogP contribution is -2.42. The third kappa shape index (κ3) is 4.04. The van der Waals surface area contributed by atoms with Gasteiger partial charge in [-0.05, 0) is 29.8 Å². The van der Waals surface area contributed by atoms with Crippen LogP contribution >= 0.6 is 0 Å². The molecule has 0 unspecified atom stereocenters. The van der Waals surface area contributed by atoms with Gasteiger partial charge in [-0.15, -0.1) is 0 Å². The Labute approximate surface area is 196 Å². The normalized spacial score (nSPS) is 22.7. The van der Waals surface area contributed by atoms with Crippen molar-refractivity contribution in [2.24, 2.45) is 5.73 Å². The number of amides is 1. The Kier molecular flexibility index (Phi) is 5.82. The van der Waals surface area contributed by atoms with Crippen molar-refractivity contribution in [1.82, 2.24) is 4.90 Å². The van der Waals surface area contributed by atoms with Gasteiger partial charge < -0.3 is 29.3 Å². The zero-order valence-corrected chi connectivity index (χ0v) is 18.4. The van der Waals surface area contributed by atoms with Crippen LogP contribution in [0.3, 0.4) is 0 Å². The fraction of sp³-hybridized carbons (Fsp3) is 0.320. The van der Waals surface area contributed by atoms with Gasteiger partial charge in [0.05, 0.1) is 25.4 Å². The summed E-state index contributed by atoms with van der Waals surface area (Å²) in [6.07, 6.45) is 1.82. The Morgan fingerprint density at radius 3 is 2.59 bits per heavy atom. The van der Waals surface area contributed by atoms with Crippen LogP contribution in [0.1, 0.15) is 36.0 Å². The predicted octanol–water partition coefficient (Wildman–Crippen LogP) is 3.32. The molecule has 1 amide bonds. The first-order valence-electron chi connectivity index (χ1n) is 11.1. The maximum absolute atomic E-state index is 13.2. The molecule has 1 aromatic carbocycles. The number of allylic oxidation sites excluding steroid dienone is 3. The van der Waals surface area contributed by atoms with Gasteiger partial charge >= 0.3 is 6.09 Å². The lowest BCUT2D eigenvalue weighted by atomic mass is 9.74. The molecule has 1 saturated heterocycles. The molecule has 2 aromatic rings. The van der Waals surface area contributed by atoms with E-state index in [1.165, 1.54) is 0 Å². The molecule has 0 bridgehead atoms. The fourth-order valence-electron chi connectivity index (χ4n) is 4.61. The molecule has 0 spiro atoms. The summed E-state index contributed by atoms with van der Waals surface area (Å²) in [5.74, 6) is 0.604. The van der Waals surface area contributed by atoms with Gasteiger partial charge in [0, 0.05) is 37.4 Å². The van der Waals surface area contributed by atoms with E-state index in [0.717, 1.165) is 0 Å². The smallest absolute Gasteiger partial charge is 0.415 e. The number of furan rings is 1. The standard InChI is InChI=1S/C25H23N3O6/c26-14-18-22(15-3-5-17(6-4-15)33-25(30)28-7-10-31-11-8-28)23-19(29)12-16(20-2-1-9-32-20)13-21(23)34-24(18)27/h1-6,9,16,22H,7-8,10-13,27H2/t16-,22-/m0/s1. The molecule has 9 nitrogen and oxygen atoms in total. The number of ether oxygens (including phenoxy) is 3. The molecule has 1 aliphatic carbocycles. The van der Waals surface area contributed by atoms with Crippen molar-refractivity contribution in [3.63, 3.8) is 0 Å². The number of hydrogen-bond acceptors (Lipinski definition) is 8. The van der Waals surface area contributed by atoms with Gasteiger partial charge in [0.1, 0.15) is 28.9 Å². The molecular formula is C25H23N3O6. The van der Waals surface area contributed by atoms with Crippen LogP contribution in [0.15, 0.2) is 69.9 Å². The Balaban J connectivity index is 1.41.